The van der Waals surface area contributed by atoms with Crippen LogP contribution in [0.4, 0.5) is 4.39 Å². The highest BCUT2D eigenvalue weighted by Gasteiger charge is 2.71. The Morgan fingerprint density at radius 1 is 1.32 bits per heavy atom. The molecule has 28 heavy (non-hydrogen) atoms. The fourth-order valence-corrected chi connectivity index (χ4v) is 7.16. The molecular formula is C21H26ClFO5. The monoisotopic (exact) mass is 412 g/mol. The lowest BCUT2D eigenvalue weighted by atomic mass is 9.46. The lowest BCUT2D eigenvalue weighted by molar-refractivity contribution is -0.188. The molecule has 0 unspecified atom stereocenters. The van der Waals surface area contributed by atoms with Crippen LogP contribution in [0.2, 0.25) is 0 Å². The van der Waals surface area contributed by atoms with Gasteiger partial charge in [0.25, 0.3) is 0 Å². The van der Waals surface area contributed by atoms with Crippen LogP contribution in [0.15, 0.2) is 23.8 Å². The molecule has 0 saturated heterocycles. The summed E-state index contributed by atoms with van der Waals surface area (Å²) in [6.07, 6.45) is 1.16. The highest BCUT2D eigenvalue weighted by atomic mass is 35.5. The quantitative estimate of drug-likeness (QED) is 0.600. The molecule has 0 aromatic carbocycles. The number of carbonyl (C=O) groups excluding carboxylic acids is 2. The number of hydrogen-bond acceptors (Lipinski definition) is 5. The molecule has 0 heterocycles. The first kappa shape index (κ1) is 20.2. The molecule has 154 valence electrons. The molecule has 0 radical (unpaired) electrons. The summed E-state index contributed by atoms with van der Waals surface area (Å²) in [6, 6.07) is 0. The maximum atomic E-state index is 15.2. The molecule has 5 nitrogen and oxygen atoms in total. The van der Waals surface area contributed by atoms with Crippen LogP contribution >= 0.6 is 11.6 Å². The smallest absolute Gasteiger partial charge is 0.182 e. The summed E-state index contributed by atoms with van der Waals surface area (Å²) in [5.74, 6) is -2.44. The standard InChI is InChI=1S/C21H26ClFO5/c1-19-4-3-10(24)5-13(19)14(23)6-11-12-7-16(26)21(28,17(27)9-22)20(12,2)8-15(25)18(11)19/h3-5,11-12,14-16,18,25-26,28H,6-9H2,1-2H3/t11-,12-,14-,15-,16+,18+,19-,20-,21-/m0/s1. The third kappa shape index (κ3) is 2.29. The van der Waals surface area contributed by atoms with Crippen molar-refractivity contribution >= 4 is 23.2 Å². The van der Waals surface area contributed by atoms with Crippen molar-refractivity contribution in [2.75, 3.05) is 5.88 Å². The molecule has 4 aliphatic carbocycles. The molecule has 3 fully saturated rings. The Balaban J connectivity index is 1.81. The number of Topliss-reactive ketones (excluding diaryl/α,β-unsaturated/α-hetero) is 1. The van der Waals surface area contributed by atoms with E-state index in [1.807, 2.05) is 6.92 Å². The number of aliphatic hydroxyl groups excluding tert-OH is 2. The second-order valence-electron chi connectivity index (χ2n) is 9.38. The van der Waals surface area contributed by atoms with E-state index in [2.05, 4.69) is 0 Å². The van der Waals surface area contributed by atoms with E-state index in [0.717, 1.165) is 0 Å². The van der Waals surface area contributed by atoms with Gasteiger partial charge in [0, 0.05) is 16.7 Å². The van der Waals surface area contributed by atoms with E-state index in [1.54, 1.807) is 13.0 Å². The molecule has 4 rings (SSSR count). The van der Waals surface area contributed by atoms with E-state index in [1.165, 1.54) is 12.2 Å². The highest BCUT2D eigenvalue weighted by Crippen LogP contribution is 2.67. The number of ketones is 2. The third-order valence-corrected chi connectivity index (χ3v) is 8.49. The van der Waals surface area contributed by atoms with Gasteiger partial charge in [-0.15, -0.1) is 11.6 Å². The summed E-state index contributed by atoms with van der Waals surface area (Å²) < 4.78 is 15.2. The highest BCUT2D eigenvalue weighted by molar-refractivity contribution is 6.29. The molecule has 0 aliphatic heterocycles. The average molecular weight is 413 g/mol. The van der Waals surface area contributed by atoms with Gasteiger partial charge in [0.1, 0.15) is 6.17 Å². The van der Waals surface area contributed by atoms with Gasteiger partial charge in [0.2, 0.25) is 0 Å². The van der Waals surface area contributed by atoms with E-state index in [0.29, 0.717) is 5.57 Å². The van der Waals surface area contributed by atoms with Crippen LogP contribution < -0.4 is 0 Å². The molecule has 7 heteroatoms. The van der Waals surface area contributed by atoms with Crippen molar-refractivity contribution in [1.82, 2.24) is 0 Å². The number of carbonyl (C=O) groups is 2. The number of allylic oxidation sites excluding steroid dienone is 4. The number of rotatable bonds is 2. The molecule has 3 saturated carbocycles. The number of hydrogen-bond donors (Lipinski definition) is 3. The van der Waals surface area contributed by atoms with Gasteiger partial charge in [-0.2, -0.15) is 0 Å². The van der Waals surface area contributed by atoms with Gasteiger partial charge >= 0.3 is 0 Å². The van der Waals surface area contributed by atoms with E-state index in [4.69, 9.17) is 11.6 Å². The number of alkyl halides is 2. The maximum Gasteiger partial charge on any atom is 0.182 e. The molecule has 4 aliphatic rings. The average Bonchev–Trinajstić information content (AvgIpc) is 2.83. The molecule has 0 aromatic heterocycles. The molecule has 0 spiro atoms. The Kier molecular flexibility index (Phi) is 4.48. The Hall–Kier alpha value is -1.08. The number of fused-ring (bicyclic) bond motifs is 5. The zero-order valence-electron chi connectivity index (χ0n) is 15.9. The van der Waals surface area contributed by atoms with Gasteiger partial charge in [-0.1, -0.05) is 19.9 Å². The van der Waals surface area contributed by atoms with Gasteiger partial charge in [-0.3, -0.25) is 9.59 Å². The Morgan fingerprint density at radius 3 is 2.64 bits per heavy atom. The predicted octanol–water partition coefficient (Wildman–Crippen LogP) is 1.72. The van der Waals surface area contributed by atoms with Crippen molar-refractivity contribution in [3.8, 4) is 0 Å². The Bertz CT molecular complexity index is 796. The molecule has 0 aromatic rings. The molecule has 3 N–H and O–H groups in total. The maximum absolute atomic E-state index is 15.2. The normalized spacial score (nSPS) is 52.5. The minimum absolute atomic E-state index is 0.0857. The van der Waals surface area contributed by atoms with Crippen LogP contribution in [-0.2, 0) is 9.59 Å². The van der Waals surface area contributed by atoms with Gasteiger partial charge in [-0.05, 0) is 48.8 Å². The van der Waals surface area contributed by atoms with Crippen molar-refractivity contribution in [2.45, 2.75) is 57.1 Å². The molecule has 9 atom stereocenters. The van der Waals surface area contributed by atoms with Crippen LogP contribution in [0.1, 0.15) is 33.1 Å². The zero-order valence-corrected chi connectivity index (χ0v) is 16.7. The third-order valence-electron chi connectivity index (χ3n) is 8.24. The summed E-state index contributed by atoms with van der Waals surface area (Å²) in [5.41, 5.74) is -3.61. The van der Waals surface area contributed by atoms with Crippen molar-refractivity contribution in [2.24, 2.45) is 28.6 Å². The zero-order chi connectivity index (χ0) is 20.6. The van der Waals surface area contributed by atoms with Crippen molar-refractivity contribution in [3.63, 3.8) is 0 Å². The SMILES string of the molecule is C[C@]12C=CC(=O)C=C1[C@@H](F)C[C@@H]1[C@@H]2[C@@H](O)C[C@@]2(C)[C@H]1C[C@@H](O)[C@]2(O)C(=O)CCl. The summed E-state index contributed by atoms with van der Waals surface area (Å²) in [7, 11) is 0. The van der Waals surface area contributed by atoms with Crippen molar-refractivity contribution in [3.05, 3.63) is 23.8 Å². The topological polar surface area (TPSA) is 94.8 Å². The molecule has 0 bridgehead atoms. The largest absolute Gasteiger partial charge is 0.393 e. The summed E-state index contributed by atoms with van der Waals surface area (Å²) in [5, 5.41) is 33.0. The Labute approximate surface area is 168 Å². The predicted molar refractivity (Wildman–Crippen MR) is 100 cm³/mol. The fraction of sp³-hybridized carbons (Fsp3) is 0.714. The van der Waals surface area contributed by atoms with Crippen LogP contribution in [0, 0.1) is 28.6 Å². The molecular weight excluding hydrogens is 387 g/mol. The second-order valence-corrected chi connectivity index (χ2v) is 9.65. The van der Waals surface area contributed by atoms with Gasteiger partial charge in [0.15, 0.2) is 17.2 Å². The first-order valence-electron chi connectivity index (χ1n) is 9.77. The molecule has 0 amide bonds. The van der Waals surface area contributed by atoms with E-state index in [9.17, 15) is 24.9 Å². The lowest BCUT2D eigenvalue weighted by Crippen LogP contribution is -2.64. The van der Waals surface area contributed by atoms with E-state index >= 15 is 4.39 Å². The van der Waals surface area contributed by atoms with Crippen LogP contribution in [0.3, 0.4) is 0 Å². The Morgan fingerprint density at radius 2 is 2.00 bits per heavy atom. The second kappa shape index (κ2) is 6.21. The minimum atomic E-state index is -2.06. The van der Waals surface area contributed by atoms with Crippen molar-refractivity contribution in [1.29, 1.82) is 0 Å². The minimum Gasteiger partial charge on any atom is -0.393 e. The van der Waals surface area contributed by atoms with Crippen molar-refractivity contribution < 1.29 is 29.3 Å². The first-order chi connectivity index (χ1) is 13.0. The summed E-state index contributed by atoms with van der Waals surface area (Å²) >= 11 is 5.71. The lowest BCUT2D eigenvalue weighted by Gasteiger charge is -2.59. The van der Waals surface area contributed by atoms with Crippen LogP contribution in [0.5, 0.6) is 0 Å². The number of halogens is 2. The van der Waals surface area contributed by atoms with Gasteiger partial charge in [0.05, 0.1) is 18.1 Å². The van der Waals surface area contributed by atoms with Crippen LogP contribution in [0.25, 0.3) is 0 Å². The van der Waals surface area contributed by atoms with Gasteiger partial charge in [-0.25, -0.2) is 4.39 Å². The fourth-order valence-electron chi connectivity index (χ4n) is 6.95. The van der Waals surface area contributed by atoms with Crippen LogP contribution in [-0.4, -0.2) is 56.7 Å². The summed E-state index contributed by atoms with van der Waals surface area (Å²) in [6.45, 7) is 3.53. The first-order valence-corrected chi connectivity index (χ1v) is 10.3. The van der Waals surface area contributed by atoms with E-state index < -0.39 is 46.5 Å². The van der Waals surface area contributed by atoms with E-state index in [-0.39, 0.29) is 42.8 Å². The number of aliphatic hydroxyl groups is 3. The van der Waals surface area contributed by atoms with Gasteiger partial charge < -0.3 is 15.3 Å². The summed E-state index contributed by atoms with van der Waals surface area (Å²) in [4.78, 5) is 24.3.